The van der Waals surface area contributed by atoms with E-state index in [1.165, 1.54) is 0 Å². The lowest BCUT2D eigenvalue weighted by molar-refractivity contribution is -0.121. The number of fused-ring (bicyclic) bond motifs is 1. The van der Waals surface area contributed by atoms with E-state index in [1.807, 2.05) is 62.4 Å². The van der Waals surface area contributed by atoms with Gasteiger partial charge in [-0.15, -0.1) is 0 Å². The molecule has 0 aliphatic rings. The molecule has 0 aliphatic heterocycles. The number of aromatic amines is 1. The molecular formula is C24H25ClN4O2. The van der Waals surface area contributed by atoms with Gasteiger partial charge in [0.25, 0.3) is 0 Å². The van der Waals surface area contributed by atoms with Crippen LogP contribution < -0.4 is 5.32 Å². The largest absolute Gasteiger partial charge is 0.361 e. The van der Waals surface area contributed by atoms with E-state index < -0.39 is 0 Å². The third-order valence-electron chi connectivity index (χ3n) is 5.55. The number of benzene rings is 2. The van der Waals surface area contributed by atoms with Crippen molar-refractivity contribution in [1.82, 2.24) is 20.4 Å². The summed E-state index contributed by atoms with van der Waals surface area (Å²) in [6.07, 6.45) is 1.68. The van der Waals surface area contributed by atoms with Crippen molar-refractivity contribution in [2.75, 3.05) is 6.54 Å². The van der Waals surface area contributed by atoms with Gasteiger partial charge in [-0.05, 0) is 50.1 Å². The fraction of sp³-hybridized carbons (Fsp3) is 0.292. The molecule has 2 N–H and O–H groups in total. The number of nitrogens with zero attached hydrogens (tertiary/aromatic N) is 2. The van der Waals surface area contributed by atoms with E-state index in [2.05, 4.69) is 15.5 Å². The summed E-state index contributed by atoms with van der Waals surface area (Å²) < 4.78 is 5.18. The summed E-state index contributed by atoms with van der Waals surface area (Å²) in [4.78, 5) is 20.6. The van der Waals surface area contributed by atoms with Crippen LogP contribution in [0.3, 0.4) is 0 Å². The van der Waals surface area contributed by atoms with Gasteiger partial charge in [0.2, 0.25) is 5.91 Å². The van der Waals surface area contributed by atoms with Gasteiger partial charge in [-0.25, -0.2) is 4.98 Å². The Morgan fingerprint density at radius 3 is 2.65 bits per heavy atom. The number of aromatic nitrogens is 3. The van der Waals surface area contributed by atoms with Crippen molar-refractivity contribution in [2.45, 2.75) is 39.0 Å². The number of imidazole rings is 1. The minimum Gasteiger partial charge on any atom is -0.361 e. The molecule has 4 aromatic rings. The zero-order valence-corrected chi connectivity index (χ0v) is 18.4. The lowest BCUT2D eigenvalue weighted by atomic mass is 9.95. The first-order chi connectivity index (χ1) is 15.0. The highest BCUT2D eigenvalue weighted by Gasteiger charge is 2.17. The molecule has 6 nitrogen and oxygen atoms in total. The molecule has 31 heavy (non-hydrogen) atoms. The normalized spacial score (nSPS) is 12.2. The predicted molar refractivity (Wildman–Crippen MR) is 121 cm³/mol. The molecule has 1 amide bonds. The number of amides is 1. The third-order valence-corrected chi connectivity index (χ3v) is 5.80. The smallest absolute Gasteiger partial charge is 0.220 e. The Labute approximate surface area is 186 Å². The van der Waals surface area contributed by atoms with Crippen LogP contribution in [0.25, 0.3) is 11.0 Å². The Balaban J connectivity index is 1.44. The van der Waals surface area contributed by atoms with Crippen molar-refractivity contribution in [3.8, 4) is 0 Å². The molecule has 2 aromatic carbocycles. The Hall–Kier alpha value is -3.12. The highest BCUT2D eigenvalue weighted by molar-refractivity contribution is 6.30. The van der Waals surface area contributed by atoms with E-state index >= 15 is 0 Å². The fourth-order valence-electron chi connectivity index (χ4n) is 3.80. The van der Waals surface area contributed by atoms with Crippen LogP contribution in [-0.4, -0.2) is 27.6 Å². The van der Waals surface area contributed by atoms with Crippen molar-refractivity contribution in [1.29, 1.82) is 0 Å². The molecule has 2 heterocycles. The van der Waals surface area contributed by atoms with Gasteiger partial charge in [-0.2, -0.15) is 0 Å². The van der Waals surface area contributed by atoms with Crippen LogP contribution in [0, 0.1) is 13.8 Å². The first-order valence-electron chi connectivity index (χ1n) is 10.4. The molecule has 2 aromatic heterocycles. The number of carbonyl (C=O) groups is 1. The Kier molecular flexibility index (Phi) is 6.37. The second-order valence-electron chi connectivity index (χ2n) is 7.76. The SMILES string of the molecule is Cc1noc(C)c1CCC(=O)NCC(Cc1nc2ccccc2[nH]1)c1ccc(Cl)cc1. The van der Waals surface area contributed by atoms with Crippen LogP contribution in [0.15, 0.2) is 53.1 Å². The second-order valence-corrected chi connectivity index (χ2v) is 8.20. The highest BCUT2D eigenvalue weighted by Crippen LogP contribution is 2.23. The van der Waals surface area contributed by atoms with E-state index in [-0.39, 0.29) is 11.8 Å². The number of para-hydroxylation sites is 2. The molecule has 0 saturated heterocycles. The topological polar surface area (TPSA) is 83.8 Å². The van der Waals surface area contributed by atoms with E-state index in [4.69, 9.17) is 21.1 Å². The first kappa shape index (κ1) is 21.1. The Morgan fingerprint density at radius 2 is 1.94 bits per heavy atom. The van der Waals surface area contributed by atoms with Gasteiger partial charge < -0.3 is 14.8 Å². The molecule has 1 atom stereocenters. The number of halogens is 1. The standard InChI is InChI=1S/C24H25ClN4O2/c1-15-20(16(2)31-29-15)11-12-24(30)26-14-18(17-7-9-19(25)10-8-17)13-23-27-21-5-3-4-6-22(21)28-23/h3-10,18H,11-14H2,1-2H3,(H,26,30)(H,27,28). The molecule has 160 valence electrons. The van der Waals surface area contributed by atoms with E-state index in [1.54, 1.807) is 0 Å². The van der Waals surface area contributed by atoms with Gasteiger partial charge in [-0.1, -0.05) is 41.0 Å². The third kappa shape index (κ3) is 5.14. The van der Waals surface area contributed by atoms with Gasteiger partial charge in [0.1, 0.15) is 11.6 Å². The molecule has 1 unspecified atom stereocenters. The van der Waals surface area contributed by atoms with E-state index in [9.17, 15) is 4.79 Å². The number of nitrogens with one attached hydrogen (secondary N) is 2. The lowest BCUT2D eigenvalue weighted by Gasteiger charge is -2.17. The van der Waals surface area contributed by atoms with Crippen LogP contribution in [0.5, 0.6) is 0 Å². The van der Waals surface area contributed by atoms with Gasteiger partial charge in [0, 0.05) is 35.9 Å². The lowest BCUT2D eigenvalue weighted by Crippen LogP contribution is -2.29. The summed E-state index contributed by atoms with van der Waals surface area (Å²) in [7, 11) is 0. The summed E-state index contributed by atoms with van der Waals surface area (Å²) in [6.45, 7) is 4.28. The summed E-state index contributed by atoms with van der Waals surface area (Å²) in [5.41, 5.74) is 4.91. The number of H-pyrrole nitrogens is 1. The van der Waals surface area contributed by atoms with Crippen molar-refractivity contribution in [3.05, 3.63) is 82.0 Å². The maximum absolute atomic E-state index is 12.5. The Bertz CT molecular complexity index is 1130. The summed E-state index contributed by atoms with van der Waals surface area (Å²) >= 11 is 6.07. The molecular weight excluding hydrogens is 412 g/mol. The Morgan fingerprint density at radius 1 is 1.16 bits per heavy atom. The quantitative estimate of drug-likeness (QED) is 0.411. The maximum atomic E-state index is 12.5. The highest BCUT2D eigenvalue weighted by atomic mass is 35.5. The van der Waals surface area contributed by atoms with Crippen LogP contribution in [0.1, 0.15) is 40.7 Å². The van der Waals surface area contributed by atoms with Crippen LogP contribution in [0.2, 0.25) is 5.02 Å². The van der Waals surface area contributed by atoms with Crippen molar-refractivity contribution >= 4 is 28.5 Å². The zero-order chi connectivity index (χ0) is 21.8. The molecule has 0 aliphatic carbocycles. The fourth-order valence-corrected chi connectivity index (χ4v) is 3.93. The monoisotopic (exact) mass is 436 g/mol. The maximum Gasteiger partial charge on any atom is 0.220 e. The minimum atomic E-state index is 0.00331. The minimum absolute atomic E-state index is 0.00331. The van der Waals surface area contributed by atoms with Gasteiger partial charge >= 0.3 is 0 Å². The molecule has 0 radical (unpaired) electrons. The summed E-state index contributed by atoms with van der Waals surface area (Å²) in [5.74, 6) is 1.74. The summed E-state index contributed by atoms with van der Waals surface area (Å²) in [5, 5.41) is 7.73. The molecule has 0 saturated carbocycles. The molecule has 4 rings (SSSR count). The number of carbonyl (C=O) groups excluding carboxylic acids is 1. The van der Waals surface area contributed by atoms with E-state index in [0.29, 0.717) is 30.8 Å². The van der Waals surface area contributed by atoms with Crippen LogP contribution in [-0.2, 0) is 17.6 Å². The van der Waals surface area contributed by atoms with Crippen molar-refractivity contribution in [2.24, 2.45) is 0 Å². The number of hydrogen-bond donors (Lipinski definition) is 2. The van der Waals surface area contributed by atoms with Crippen molar-refractivity contribution in [3.63, 3.8) is 0 Å². The number of hydrogen-bond acceptors (Lipinski definition) is 4. The zero-order valence-electron chi connectivity index (χ0n) is 17.6. The first-order valence-corrected chi connectivity index (χ1v) is 10.7. The average Bonchev–Trinajstić information content (AvgIpc) is 3.32. The van der Waals surface area contributed by atoms with Crippen molar-refractivity contribution < 1.29 is 9.32 Å². The van der Waals surface area contributed by atoms with Crippen LogP contribution >= 0.6 is 11.6 Å². The van der Waals surface area contributed by atoms with Gasteiger partial charge in [0.15, 0.2) is 0 Å². The molecule has 0 fully saturated rings. The van der Waals surface area contributed by atoms with E-state index in [0.717, 1.165) is 39.4 Å². The molecule has 0 spiro atoms. The summed E-state index contributed by atoms with van der Waals surface area (Å²) in [6, 6.07) is 15.7. The number of aryl methyl sites for hydroxylation is 2. The number of rotatable bonds is 8. The molecule has 0 bridgehead atoms. The van der Waals surface area contributed by atoms with Crippen LogP contribution in [0.4, 0.5) is 0 Å². The second kappa shape index (κ2) is 9.35. The average molecular weight is 437 g/mol. The predicted octanol–water partition coefficient (Wildman–Crippen LogP) is 4.90. The molecule has 7 heteroatoms. The van der Waals surface area contributed by atoms with Gasteiger partial charge in [-0.3, -0.25) is 4.79 Å². The van der Waals surface area contributed by atoms with Gasteiger partial charge in [0.05, 0.1) is 16.7 Å².